The van der Waals surface area contributed by atoms with Crippen LogP contribution in [0.15, 0.2) is 72.8 Å². The van der Waals surface area contributed by atoms with Gasteiger partial charge < -0.3 is 14.8 Å². The molecule has 3 aromatic carbocycles. The minimum atomic E-state index is -4.85. The molecule has 1 amide bonds. The third-order valence-corrected chi connectivity index (χ3v) is 4.26. The first-order chi connectivity index (χ1) is 14.8. The molecular weight excluding hydrogens is 411 g/mol. The average Bonchev–Trinajstić information content (AvgIpc) is 2.74. The molecule has 160 valence electrons. The summed E-state index contributed by atoms with van der Waals surface area (Å²) < 4.78 is 51.5. The number of amides is 1. The van der Waals surface area contributed by atoms with Crippen LogP contribution in [-0.4, -0.2) is 19.0 Å². The van der Waals surface area contributed by atoms with E-state index in [4.69, 9.17) is 4.74 Å². The lowest BCUT2D eigenvalue weighted by Gasteiger charge is -2.19. The van der Waals surface area contributed by atoms with Crippen molar-refractivity contribution in [2.75, 3.05) is 12.4 Å². The Hall–Kier alpha value is -3.81. The molecule has 0 aromatic heterocycles. The number of esters is 1. The van der Waals surface area contributed by atoms with Gasteiger partial charge in [0.25, 0.3) is 0 Å². The highest BCUT2D eigenvalue weighted by molar-refractivity contribution is 5.97. The molecule has 3 aromatic rings. The zero-order valence-corrected chi connectivity index (χ0v) is 16.4. The Kier molecular flexibility index (Phi) is 6.59. The summed E-state index contributed by atoms with van der Waals surface area (Å²) in [4.78, 5) is 24.5. The first kappa shape index (κ1) is 21.9. The van der Waals surface area contributed by atoms with Crippen molar-refractivity contribution >= 4 is 17.6 Å². The number of hydrogen-bond acceptors (Lipinski definition) is 4. The average molecular weight is 429 g/mol. The Morgan fingerprint density at radius 3 is 2.13 bits per heavy atom. The lowest BCUT2D eigenvalue weighted by atomic mass is 10.1. The van der Waals surface area contributed by atoms with Crippen LogP contribution in [0.25, 0.3) is 0 Å². The van der Waals surface area contributed by atoms with Gasteiger partial charge in [0, 0.05) is 0 Å². The molecule has 0 aliphatic carbocycles. The number of anilines is 1. The number of rotatable bonds is 6. The van der Waals surface area contributed by atoms with Gasteiger partial charge >= 0.3 is 12.1 Å². The van der Waals surface area contributed by atoms with E-state index in [1.807, 2.05) is 0 Å². The number of benzene rings is 3. The number of nitrogens with one attached hydrogen (secondary N) is 1. The second-order valence-corrected chi connectivity index (χ2v) is 6.52. The predicted octanol–water partition coefficient (Wildman–Crippen LogP) is 5.47. The van der Waals surface area contributed by atoms with Crippen LogP contribution in [0.3, 0.4) is 0 Å². The molecule has 31 heavy (non-hydrogen) atoms. The first-order valence-electron chi connectivity index (χ1n) is 9.18. The molecule has 0 aliphatic heterocycles. The summed E-state index contributed by atoms with van der Waals surface area (Å²) in [6, 6.07) is 18.3. The molecule has 5 nitrogen and oxygen atoms in total. The van der Waals surface area contributed by atoms with Gasteiger partial charge in [0.05, 0.1) is 24.8 Å². The molecule has 0 radical (unpaired) electrons. The van der Waals surface area contributed by atoms with Crippen LogP contribution >= 0.6 is 0 Å². The van der Waals surface area contributed by atoms with Crippen molar-refractivity contribution in [2.45, 2.75) is 12.6 Å². The summed E-state index contributed by atoms with van der Waals surface area (Å²) >= 11 is 0. The minimum absolute atomic E-state index is 0.0740. The van der Waals surface area contributed by atoms with Crippen molar-refractivity contribution < 1.29 is 32.2 Å². The summed E-state index contributed by atoms with van der Waals surface area (Å²) in [5, 5.41) is 2.44. The monoisotopic (exact) mass is 429 g/mol. The highest BCUT2D eigenvalue weighted by Gasteiger charge is 2.37. The molecule has 0 saturated carbocycles. The maximum absolute atomic E-state index is 13.8. The number of ether oxygens (including phenoxy) is 2. The second kappa shape index (κ2) is 9.34. The SMILES string of the molecule is COC(=O)c1cc(NC(=O)Cc2ccccc2)c(Oc2ccccc2)c(C(F)(F)F)c1. The highest BCUT2D eigenvalue weighted by atomic mass is 19.4. The lowest BCUT2D eigenvalue weighted by molar-refractivity contribution is -0.138. The summed E-state index contributed by atoms with van der Waals surface area (Å²) in [5.41, 5.74) is -1.20. The molecule has 0 unspecified atom stereocenters. The standard InChI is InChI=1S/C23H18F3NO4/c1-30-22(29)16-13-18(23(24,25)26)21(31-17-10-6-3-7-11-17)19(14-16)27-20(28)12-15-8-4-2-5-9-15/h2-11,13-14H,12H2,1H3,(H,27,28). The molecule has 0 heterocycles. The maximum atomic E-state index is 13.8. The van der Waals surface area contributed by atoms with E-state index in [-0.39, 0.29) is 23.4 Å². The molecule has 0 atom stereocenters. The van der Waals surface area contributed by atoms with E-state index >= 15 is 0 Å². The van der Waals surface area contributed by atoms with E-state index in [9.17, 15) is 22.8 Å². The summed E-state index contributed by atoms with van der Waals surface area (Å²) in [6.45, 7) is 0. The van der Waals surface area contributed by atoms with Crippen molar-refractivity contribution in [3.05, 3.63) is 89.5 Å². The number of para-hydroxylation sites is 1. The van der Waals surface area contributed by atoms with E-state index in [1.165, 1.54) is 12.1 Å². The molecule has 0 fully saturated rings. The van der Waals surface area contributed by atoms with Crippen molar-refractivity contribution in [3.8, 4) is 11.5 Å². The fourth-order valence-electron chi connectivity index (χ4n) is 2.86. The van der Waals surface area contributed by atoms with Gasteiger partial charge in [0.2, 0.25) is 5.91 Å². The third-order valence-electron chi connectivity index (χ3n) is 4.26. The Morgan fingerprint density at radius 2 is 1.55 bits per heavy atom. The van der Waals surface area contributed by atoms with E-state index in [2.05, 4.69) is 10.1 Å². The van der Waals surface area contributed by atoms with E-state index < -0.39 is 29.4 Å². The molecule has 8 heteroatoms. The number of halogens is 3. The first-order valence-corrected chi connectivity index (χ1v) is 9.18. The topological polar surface area (TPSA) is 64.6 Å². The minimum Gasteiger partial charge on any atom is -0.465 e. The molecule has 0 aliphatic rings. The Bertz CT molecular complexity index is 1070. The number of hydrogen-bond donors (Lipinski definition) is 1. The summed E-state index contributed by atoms with van der Waals surface area (Å²) in [7, 11) is 1.05. The number of carbonyl (C=O) groups excluding carboxylic acids is 2. The van der Waals surface area contributed by atoms with Gasteiger partial charge in [0.15, 0.2) is 5.75 Å². The van der Waals surface area contributed by atoms with Crippen LogP contribution in [0.2, 0.25) is 0 Å². The predicted molar refractivity (Wildman–Crippen MR) is 108 cm³/mol. The zero-order valence-electron chi connectivity index (χ0n) is 16.4. The number of methoxy groups -OCH3 is 1. The van der Waals surface area contributed by atoms with Crippen LogP contribution < -0.4 is 10.1 Å². The third kappa shape index (κ3) is 5.63. The molecule has 1 N–H and O–H groups in total. The molecular formula is C23H18F3NO4. The Labute approximate surface area is 176 Å². The number of carbonyl (C=O) groups is 2. The second-order valence-electron chi connectivity index (χ2n) is 6.52. The molecule has 3 rings (SSSR count). The van der Waals surface area contributed by atoms with E-state index in [0.29, 0.717) is 11.6 Å². The fourth-order valence-corrected chi connectivity index (χ4v) is 2.86. The quantitative estimate of drug-likeness (QED) is 0.528. The van der Waals surface area contributed by atoms with Gasteiger partial charge in [-0.3, -0.25) is 4.79 Å². The van der Waals surface area contributed by atoms with Crippen LogP contribution in [0, 0.1) is 0 Å². The van der Waals surface area contributed by atoms with Crippen LogP contribution in [0.5, 0.6) is 11.5 Å². The van der Waals surface area contributed by atoms with Gasteiger partial charge in [-0.25, -0.2) is 4.79 Å². The smallest absolute Gasteiger partial charge is 0.420 e. The zero-order chi connectivity index (χ0) is 22.4. The largest absolute Gasteiger partial charge is 0.465 e. The normalized spacial score (nSPS) is 11.0. The van der Waals surface area contributed by atoms with Gasteiger partial charge in [-0.15, -0.1) is 0 Å². The van der Waals surface area contributed by atoms with Crippen LogP contribution in [0.4, 0.5) is 18.9 Å². The van der Waals surface area contributed by atoms with Crippen molar-refractivity contribution in [2.24, 2.45) is 0 Å². The fraction of sp³-hybridized carbons (Fsp3) is 0.130. The summed E-state index contributed by atoms with van der Waals surface area (Å²) in [6.07, 6.45) is -4.93. The van der Waals surface area contributed by atoms with Crippen LogP contribution in [-0.2, 0) is 22.1 Å². The molecule has 0 spiro atoms. The van der Waals surface area contributed by atoms with Crippen molar-refractivity contribution in [1.29, 1.82) is 0 Å². The Balaban J connectivity index is 2.06. The lowest BCUT2D eigenvalue weighted by Crippen LogP contribution is -2.18. The highest BCUT2D eigenvalue weighted by Crippen LogP contribution is 2.43. The summed E-state index contributed by atoms with van der Waals surface area (Å²) in [5.74, 6) is -2.03. The van der Waals surface area contributed by atoms with Gasteiger partial charge in [-0.1, -0.05) is 48.5 Å². The van der Waals surface area contributed by atoms with Gasteiger partial charge in [-0.2, -0.15) is 13.2 Å². The van der Waals surface area contributed by atoms with Crippen molar-refractivity contribution in [1.82, 2.24) is 0 Å². The van der Waals surface area contributed by atoms with Gasteiger partial charge in [-0.05, 0) is 29.8 Å². The van der Waals surface area contributed by atoms with Gasteiger partial charge in [0.1, 0.15) is 11.3 Å². The molecule has 0 saturated heterocycles. The van der Waals surface area contributed by atoms with E-state index in [0.717, 1.165) is 13.2 Å². The van der Waals surface area contributed by atoms with Crippen LogP contribution in [0.1, 0.15) is 21.5 Å². The Morgan fingerprint density at radius 1 is 0.935 bits per heavy atom. The van der Waals surface area contributed by atoms with E-state index in [1.54, 1.807) is 48.5 Å². The maximum Gasteiger partial charge on any atom is 0.420 e. The number of alkyl halides is 3. The van der Waals surface area contributed by atoms with Crippen molar-refractivity contribution in [3.63, 3.8) is 0 Å². The molecule has 0 bridgehead atoms.